The van der Waals surface area contributed by atoms with Crippen molar-refractivity contribution in [1.29, 1.82) is 0 Å². The SMILES string of the molecule is CCC1=C2C=C/C(=C(\c3ccccc3)c3ccc([nH]3)/C(c3ccccc3)=C3/C=CC(=N3)/C(c3ccccc3)=c3/cc/c([nH]3)=C/2c2ccccc2)C1.[HH].[HH]. The highest BCUT2D eigenvalue weighted by atomic mass is 14.8. The predicted octanol–water partition coefficient (Wildman–Crippen LogP) is 10.2. The predicted molar refractivity (Wildman–Crippen MR) is 216 cm³/mol. The summed E-state index contributed by atoms with van der Waals surface area (Å²) >= 11 is 0. The zero-order valence-electron chi connectivity index (χ0n) is 28.5. The second kappa shape index (κ2) is 13.1. The van der Waals surface area contributed by atoms with Crippen LogP contribution in [0.1, 0.15) is 56.3 Å². The van der Waals surface area contributed by atoms with Crippen molar-refractivity contribution in [3.63, 3.8) is 0 Å². The van der Waals surface area contributed by atoms with Crippen molar-refractivity contribution in [2.45, 2.75) is 19.8 Å². The molecule has 4 aromatic carbocycles. The monoisotopic (exact) mass is 659 g/mol. The van der Waals surface area contributed by atoms with Gasteiger partial charge in [0.2, 0.25) is 0 Å². The number of aromatic amines is 2. The van der Waals surface area contributed by atoms with Crippen molar-refractivity contribution >= 4 is 28.0 Å². The molecule has 0 saturated carbocycles. The van der Waals surface area contributed by atoms with Crippen LogP contribution in [0.25, 0.3) is 22.3 Å². The van der Waals surface area contributed by atoms with Crippen LogP contribution in [-0.2, 0) is 0 Å². The van der Waals surface area contributed by atoms with Gasteiger partial charge in [-0.15, -0.1) is 0 Å². The molecule has 0 saturated heterocycles. The zero-order valence-corrected chi connectivity index (χ0v) is 28.5. The van der Waals surface area contributed by atoms with E-state index in [0.717, 1.165) is 68.6 Å². The minimum atomic E-state index is 0. The lowest BCUT2D eigenvalue weighted by Gasteiger charge is -2.22. The number of aromatic nitrogens is 2. The normalized spacial score (nSPS) is 20.5. The third-order valence-corrected chi connectivity index (χ3v) is 10.1. The van der Waals surface area contributed by atoms with E-state index in [1.54, 1.807) is 0 Å². The van der Waals surface area contributed by atoms with Crippen molar-refractivity contribution in [2.75, 3.05) is 0 Å². The summed E-state index contributed by atoms with van der Waals surface area (Å²) in [5.74, 6) is 0. The average Bonchev–Trinajstić information content (AvgIpc) is 3.98. The highest BCUT2D eigenvalue weighted by Crippen LogP contribution is 2.39. The molecule has 0 fully saturated rings. The van der Waals surface area contributed by atoms with Crippen molar-refractivity contribution in [3.05, 3.63) is 237 Å². The Hall–Kier alpha value is -6.45. The molecule has 6 aromatic rings. The first-order valence-corrected chi connectivity index (χ1v) is 17.8. The second-order valence-electron chi connectivity index (χ2n) is 13.2. The third kappa shape index (κ3) is 5.63. The summed E-state index contributed by atoms with van der Waals surface area (Å²) in [5.41, 5.74) is 17.2. The van der Waals surface area contributed by atoms with E-state index in [1.165, 1.54) is 39.0 Å². The van der Waals surface area contributed by atoms with Crippen molar-refractivity contribution in [1.82, 2.24) is 9.97 Å². The summed E-state index contributed by atoms with van der Waals surface area (Å²) in [6.45, 7) is 2.28. The van der Waals surface area contributed by atoms with Gasteiger partial charge in [-0.2, -0.15) is 0 Å². The topological polar surface area (TPSA) is 43.9 Å². The number of aliphatic imine (C=N–C) groups is 1. The summed E-state index contributed by atoms with van der Waals surface area (Å²) in [5, 5.41) is 2.12. The number of benzene rings is 4. The molecule has 0 amide bonds. The highest BCUT2D eigenvalue weighted by Gasteiger charge is 2.24. The lowest BCUT2D eigenvalue weighted by molar-refractivity contribution is 0.983. The van der Waals surface area contributed by atoms with Crippen LogP contribution in [0.2, 0.25) is 0 Å². The molecule has 2 aromatic heterocycles. The molecule has 0 atom stereocenters. The molecule has 0 spiro atoms. The van der Waals surface area contributed by atoms with E-state index in [-0.39, 0.29) is 2.85 Å². The van der Waals surface area contributed by atoms with Crippen LogP contribution in [0.5, 0.6) is 0 Å². The van der Waals surface area contributed by atoms with Gasteiger partial charge in [0.25, 0.3) is 0 Å². The maximum absolute atomic E-state index is 5.41. The van der Waals surface area contributed by atoms with Crippen molar-refractivity contribution in [2.24, 2.45) is 4.99 Å². The summed E-state index contributed by atoms with van der Waals surface area (Å²) in [6.07, 6.45) is 10.8. The molecule has 10 rings (SSSR count). The first-order chi connectivity index (χ1) is 25.2. The number of hydrogen-bond donors (Lipinski definition) is 2. The second-order valence-corrected chi connectivity index (χ2v) is 13.2. The Kier molecular flexibility index (Phi) is 7.87. The number of allylic oxidation sites excluding steroid dienone is 7. The molecular formula is C48H41N3. The van der Waals surface area contributed by atoms with Gasteiger partial charge in [-0.3, -0.25) is 0 Å². The number of rotatable bonds is 5. The highest BCUT2D eigenvalue weighted by molar-refractivity contribution is 6.30. The van der Waals surface area contributed by atoms with Crippen LogP contribution < -0.4 is 10.7 Å². The standard InChI is InChI=1S/C48H37N3.2H2/c1-2-32-31-37-23-24-38(32)46(34-17-9-4-10-18-34)40-26-28-42(50-40)48(36-21-13-6-14-22-36)44-30-29-43(51-44)47(35-19-11-5-12-20-35)41-27-25-39(49-41)45(37)33-15-7-3-8-16-33;;/h3-30,49-50H,2,31H2,1H3;2*1H/b45-37-,46-40-,47-43-,48-42-;;. The van der Waals surface area contributed by atoms with Gasteiger partial charge in [-0.25, -0.2) is 4.99 Å². The number of nitrogens with zero attached hydrogens (tertiary/aromatic N) is 1. The first-order valence-electron chi connectivity index (χ1n) is 17.8. The number of fused-ring (bicyclic) bond motifs is 1. The maximum atomic E-state index is 5.41. The van der Waals surface area contributed by atoms with Gasteiger partial charge in [-0.1, -0.05) is 146 Å². The number of H-pyrrole nitrogens is 2. The number of nitrogens with one attached hydrogen (secondary N) is 2. The van der Waals surface area contributed by atoms with Crippen LogP contribution in [-0.4, -0.2) is 15.7 Å². The Balaban J connectivity index is 0.00000218. The molecule has 2 N–H and O–H groups in total. The van der Waals surface area contributed by atoms with Gasteiger partial charge >= 0.3 is 0 Å². The van der Waals surface area contributed by atoms with Crippen LogP contribution in [0.4, 0.5) is 0 Å². The molecule has 0 radical (unpaired) electrons. The Labute approximate surface area is 301 Å². The molecule has 5 heterocycles. The quantitative estimate of drug-likeness (QED) is 0.185. The van der Waals surface area contributed by atoms with E-state index in [4.69, 9.17) is 4.99 Å². The van der Waals surface area contributed by atoms with Crippen LogP contribution in [0.3, 0.4) is 0 Å². The van der Waals surface area contributed by atoms with Crippen molar-refractivity contribution < 1.29 is 2.85 Å². The Bertz CT molecular complexity index is 2600. The van der Waals surface area contributed by atoms with Gasteiger partial charge in [0.1, 0.15) is 0 Å². The summed E-state index contributed by atoms with van der Waals surface area (Å²) in [4.78, 5) is 13.2. The smallest absolute Gasteiger partial charge is 0.0737 e. The van der Waals surface area contributed by atoms with E-state index in [9.17, 15) is 0 Å². The average molecular weight is 660 g/mol. The minimum absolute atomic E-state index is 0. The fraction of sp³-hybridized carbons (Fsp3) is 0.0625. The summed E-state index contributed by atoms with van der Waals surface area (Å²) in [6, 6.07) is 51.7. The van der Waals surface area contributed by atoms with E-state index < -0.39 is 0 Å². The Morgan fingerprint density at radius 2 is 1.00 bits per heavy atom. The van der Waals surface area contributed by atoms with E-state index in [2.05, 4.69) is 187 Å². The van der Waals surface area contributed by atoms with Crippen LogP contribution in [0.15, 0.2) is 197 Å². The van der Waals surface area contributed by atoms with E-state index >= 15 is 0 Å². The van der Waals surface area contributed by atoms with Crippen molar-refractivity contribution in [3.8, 4) is 0 Å². The maximum Gasteiger partial charge on any atom is 0.0737 e. The molecular weight excluding hydrogens is 619 g/mol. The molecule has 8 bridgehead atoms. The van der Waals surface area contributed by atoms with Crippen LogP contribution >= 0.6 is 0 Å². The fourth-order valence-corrected chi connectivity index (χ4v) is 7.72. The third-order valence-electron chi connectivity index (χ3n) is 10.1. The van der Waals surface area contributed by atoms with Gasteiger partial charge < -0.3 is 9.97 Å². The molecule has 248 valence electrons. The minimum Gasteiger partial charge on any atom is -0.354 e. The first kappa shape index (κ1) is 30.6. The lowest BCUT2D eigenvalue weighted by Crippen LogP contribution is -2.20. The van der Waals surface area contributed by atoms with E-state index in [0.29, 0.717) is 0 Å². The summed E-state index contributed by atoms with van der Waals surface area (Å²) < 4.78 is 0. The van der Waals surface area contributed by atoms with Gasteiger partial charge in [0, 0.05) is 47.2 Å². The summed E-state index contributed by atoms with van der Waals surface area (Å²) in [7, 11) is 0. The molecule has 3 aliphatic heterocycles. The fourth-order valence-electron chi connectivity index (χ4n) is 7.72. The number of hydrogen-bond acceptors (Lipinski definition) is 1. The Morgan fingerprint density at radius 1 is 0.490 bits per heavy atom. The van der Waals surface area contributed by atoms with Gasteiger partial charge in [-0.05, 0) is 82.7 Å². The van der Waals surface area contributed by atoms with Gasteiger partial charge in [0.05, 0.1) is 11.4 Å². The largest absolute Gasteiger partial charge is 0.354 e. The molecule has 3 heteroatoms. The zero-order chi connectivity index (χ0) is 34.1. The van der Waals surface area contributed by atoms with Crippen LogP contribution in [0, 0.1) is 0 Å². The lowest BCUT2D eigenvalue weighted by atomic mass is 9.82. The van der Waals surface area contributed by atoms with Gasteiger partial charge in [0.15, 0.2) is 0 Å². The molecule has 0 unspecified atom stereocenters. The van der Waals surface area contributed by atoms with E-state index in [1.807, 2.05) is 0 Å². The molecule has 4 aliphatic rings. The molecule has 51 heavy (non-hydrogen) atoms. The molecule has 1 aliphatic carbocycles. The molecule has 3 nitrogen and oxygen atoms in total. The Morgan fingerprint density at radius 3 is 1.59 bits per heavy atom.